The fourth-order valence-electron chi connectivity index (χ4n) is 10.1. The molecule has 0 saturated heterocycles. The van der Waals surface area contributed by atoms with E-state index in [0.29, 0.717) is 5.82 Å². The van der Waals surface area contributed by atoms with Crippen LogP contribution < -0.4 is 0 Å². The van der Waals surface area contributed by atoms with E-state index in [4.69, 9.17) is 9.97 Å². The second kappa shape index (κ2) is 16.0. The average molecular weight is 827 g/mol. The van der Waals surface area contributed by atoms with E-state index in [1.165, 1.54) is 60.8 Å². The maximum atomic E-state index is 5.17. The lowest BCUT2D eigenvalue weighted by atomic mass is 9.67. The summed E-state index contributed by atoms with van der Waals surface area (Å²) in [6.45, 7) is 0. The van der Waals surface area contributed by atoms with Gasteiger partial charge in [-0.05, 0) is 114 Å². The topological polar surface area (TPSA) is 25.8 Å². The van der Waals surface area contributed by atoms with Crippen molar-refractivity contribution in [1.29, 1.82) is 0 Å². The number of benzene rings is 10. The zero-order valence-corrected chi connectivity index (χ0v) is 35.6. The van der Waals surface area contributed by atoms with Gasteiger partial charge in [0, 0.05) is 16.7 Å². The molecule has 0 N–H and O–H groups in total. The molecule has 0 atom stereocenters. The minimum absolute atomic E-state index is 0.524. The molecule has 0 unspecified atom stereocenters. The summed E-state index contributed by atoms with van der Waals surface area (Å²) in [5.74, 6) is 0.693. The molecule has 0 radical (unpaired) electrons. The molecular formula is C63H42N2. The Kier molecular flexibility index (Phi) is 9.43. The zero-order chi connectivity index (χ0) is 43.2. The number of rotatable bonds is 8. The molecule has 0 spiro atoms. The van der Waals surface area contributed by atoms with Gasteiger partial charge in [-0.15, -0.1) is 0 Å². The summed E-state index contributed by atoms with van der Waals surface area (Å²) in [4.78, 5) is 10.3. The summed E-state index contributed by atoms with van der Waals surface area (Å²) >= 11 is 0. The first-order valence-electron chi connectivity index (χ1n) is 22.3. The molecule has 0 saturated carbocycles. The molecule has 0 bridgehead atoms. The van der Waals surface area contributed by atoms with Crippen molar-refractivity contribution in [3.05, 3.63) is 277 Å². The van der Waals surface area contributed by atoms with Gasteiger partial charge in [-0.3, -0.25) is 0 Å². The van der Waals surface area contributed by atoms with E-state index >= 15 is 0 Å². The highest BCUT2D eigenvalue weighted by atomic mass is 14.9. The second-order valence-electron chi connectivity index (χ2n) is 16.9. The summed E-state index contributed by atoms with van der Waals surface area (Å²) in [5, 5.41) is 2.45. The van der Waals surface area contributed by atoms with Crippen molar-refractivity contribution < 1.29 is 0 Å². The molecule has 1 aromatic heterocycles. The van der Waals surface area contributed by atoms with Crippen molar-refractivity contribution in [1.82, 2.24) is 9.97 Å². The van der Waals surface area contributed by atoms with Crippen LogP contribution in [0.15, 0.2) is 255 Å². The van der Waals surface area contributed by atoms with E-state index in [-0.39, 0.29) is 0 Å². The quantitative estimate of drug-likeness (QED) is 0.152. The van der Waals surface area contributed by atoms with Crippen molar-refractivity contribution in [2.45, 2.75) is 5.41 Å². The molecule has 12 rings (SSSR count). The predicted octanol–water partition coefficient (Wildman–Crippen LogP) is 16.0. The van der Waals surface area contributed by atoms with Crippen LogP contribution >= 0.6 is 0 Å². The van der Waals surface area contributed by atoms with Crippen LogP contribution in [-0.4, -0.2) is 9.97 Å². The Morgan fingerprint density at radius 2 is 0.723 bits per heavy atom. The lowest BCUT2D eigenvalue weighted by Crippen LogP contribution is -2.28. The van der Waals surface area contributed by atoms with Gasteiger partial charge >= 0.3 is 0 Å². The molecule has 0 amide bonds. The van der Waals surface area contributed by atoms with Crippen LogP contribution in [0.3, 0.4) is 0 Å². The second-order valence-corrected chi connectivity index (χ2v) is 16.9. The van der Waals surface area contributed by atoms with Crippen LogP contribution in [0.5, 0.6) is 0 Å². The fourth-order valence-corrected chi connectivity index (χ4v) is 10.1. The van der Waals surface area contributed by atoms with E-state index in [9.17, 15) is 0 Å². The van der Waals surface area contributed by atoms with Crippen LogP contribution in [0.1, 0.15) is 22.3 Å². The first-order valence-corrected chi connectivity index (χ1v) is 22.3. The minimum Gasteiger partial charge on any atom is -0.228 e. The lowest BCUT2D eigenvalue weighted by Gasteiger charge is -2.34. The molecule has 1 aliphatic rings. The standard InChI is InChI=1S/C63H42N2/c1-5-20-44(21-6-1)60-42-61(45-22-7-2-8-23-45)65-62(64-60)51-28-18-26-48(39-51)47-25-17-27-49(38-47)56-41-59-57(40-55(56)50-36-35-43-19-13-14-24-46(43)37-50)54-33-15-16-34-58(54)63(59,52-29-9-3-10-30-52)53-31-11-4-12-32-53/h1-42H. The third kappa shape index (κ3) is 6.67. The Labute approximate surface area is 379 Å². The van der Waals surface area contributed by atoms with Crippen LogP contribution in [0.25, 0.3) is 89.2 Å². The van der Waals surface area contributed by atoms with Crippen LogP contribution in [-0.2, 0) is 5.41 Å². The van der Waals surface area contributed by atoms with E-state index in [1.54, 1.807) is 0 Å². The minimum atomic E-state index is -0.524. The van der Waals surface area contributed by atoms with Gasteiger partial charge in [-0.1, -0.05) is 218 Å². The molecule has 11 aromatic rings. The Hall–Kier alpha value is -8.46. The number of fused-ring (bicyclic) bond motifs is 4. The first kappa shape index (κ1) is 38.2. The van der Waals surface area contributed by atoms with Crippen molar-refractivity contribution >= 4 is 10.8 Å². The van der Waals surface area contributed by atoms with Gasteiger partial charge in [-0.25, -0.2) is 9.97 Å². The first-order chi connectivity index (χ1) is 32.2. The fraction of sp³-hybridized carbons (Fsp3) is 0.0159. The molecule has 2 heteroatoms. The highest BCUT2D eigenvalue weighted by molar-refractivity contribution is 5.97. The van der Waals surface area contributed by atoms with Gasteiger partial charge in [-0.2, -0.15) is 0 Å². The molecule has 0 fully saturated rings. The molecule has 1 aliphatic carbocycles. The van der Waals surface area contributed by atoms with Gasteiger partial charge in [0.2, 0.25) is 0 Å². The number of hydrogen-bond donors (Lipinski definition) is 0. The van der Waals surface area contributed by atoms with Gasteiger partial charge in [0.25, 0.3) is 0 Å². The Morgan fingerprint density at radius 3 is 1.37 bits per heavy atom. The monoisotopic (exact) mass is 826 g/mol. The van der Waals surface area contributed by atoms with Crippen molar-refractivity contribution in [3.8, 4) is 78.4 Å². The average Bonchev–Trinajstić information content (AvgIpc) is 3.69. The van der Waals surface area contributed by atoms with Crippen LogP contribution in [0.4, 0.5) is 0 Å². The summed E-state index contributed by atoms with van der Waals surface area (Å²) in [7, 11) is 0. The van der Waals surface area contributed by atoms with Crippen molar-refractivity contribution in [2.24, 2.45) is 0 Å². The van der Waals surface area contributed by atoms with Gasteiger partial charge in [0.05, 0.1) is 16.8 Å². The molecule has 65 heavy (non-hydrogen) atoms. The third-order valence-electron chi connectivity index (χ3n) is 13.1. The van der Waals surface area contributed by atoms with E-state index < -0.39 is 5.41 Å². The molecule has 304 valence electrons. The summed E-state index contributed by atoms with van der Waals surface area (Å²) in [5.41, 5.74) is 18.9. The number of aromatic nitrogens is 2. The largest absolute Gasteiger partial charge is 0.228 e. The van der Waals surface area contributed by atoms with Gasteiger partial charge in [0.1, 0.15) is 0 Å². The van der Waals surface area contributed by atoms with Crippen molar-refractivity contribution in [2.75, 3.05) is 0 Å². The normalized spacial score (nSPS) is 12.4. The molecule has 10 aromatic carbocycles. The third-order valence-corrected chi connectivity index (χ3v) is 13.1. The van der Waals surface area contributed by atoms with E-state index in [0.717, 1.165) is 44.8 Å². The van der Waals surface area contributed by atoms with Crippen LogP contribution in [0, 0.1) is 0 Å². The number of hydrogen-bond acceptors (Lipinski definition) is 2. The van der Waals surface area contributed by atoms with E-state index in [1.807, 2.05) is 12.1 Å². The Bertz CT molecular complexity index is 3430. The molecular weight excluding hydrogens is 785 g/mol. The van der Waals surface area contributed by atoms with Gasteiger partial charge in [0.15, 0.2) is 5.82 Å². The highest BCUT2D eigenvalue weighted by Crippen LogP contribution is 2.58. The number of nitrogens with zero attached hydrogens (tertiary/aromatic N) is 2. The summed E-state index contributed by atoms with van der Waals surface area (Å²) < 4.78 is 0. The summed E-state index contributed by atoms with van der Waals surface area (Å²) in [6, 6.07) is 92.2. The Balaban J connectivity index is 1.06. The Morgan fingerprint density at radius 1 is 0.246 bits per heavy atom. The maximum absolute atomic E-state index is 5.17. The molecule has 0 aliphatic heterocycles. The van der Waals surface area contributed by atoms with Gasteiger partial charge < -0.3 is 0 Å². The zero-order valence-electron chi connectivity index (χ0n) is 35.6. The molecule has 2 nitrogen and oxygen atoms in total. The van der Waals surface area contributed by atoms with Crippen molar-refractivity contribution in [3.63, 3.8) is 0 Å². The highest BCUT2D eigenvalue weighted by Gasteiger charge is 2.46. The predicted molar refractivity (Wildman–Crippen MR) is 269 cm³/mol. The maximum Gasteiger partial charge on any atom is 0.160 e. The lowest BCUT2D eigenvalue weighted by molar-refractivity contribution is 0.769. The molecule has 1 heterocycles. The SMILES string of the molecule is c1ccc(-c2cc(-c3ccccc3)nc(-c3cccc(-c4cccc(-c5cc6c(cc5-c5ccc7ccccc7c5)-c5ccccc5C6(c5ccccc5)c5ccccc5)c4)c3)n2)cc1. The van der Waals surface area contributed by atoms with Crippen LogP contribution in [0.2, 0.25) is 0 Å². The summed E-state index contributed by atoms with van der Waals surface area (Å²) in [6.07, 6.45) is 0. The smallest absolute Gasteiger partial charge is 0.160 e. The van der Waals surface area contributed by atoms with E-state index in [2.05, 4.69) is 243 Å².